The van der Waals surface area contributed by atoms with Gasteiger partial charge >= 0.3 is 0 Å². The molecule has 0 spiro atoms. The molecule has 0 aliphatic carbocycles. The molecule has 0 amide bonds. The summed E-state index contributed by atoms with van der Waals surface area (Å²) >= 11 is 0. The smallest absolute Gasteiger partial charge is 0.210 e. The molecule has 134 valence electrons. The molecule has 0 unspecified atom stereocenters. The topological polar surface area (TPSA) is 179 Å². The van der Waals surface area contributed by atoms with Crippen molar-refractivity contribution in [3.05, 3.63) is 0 Å². The molecule has 0 aromatic heterocycles. The van der Waals surface area contributed by atoms with Crippen LogP contribution in [0.1, 0.15) is 13.8 Å². The quantitative estimate of drug-likeness (QED) is 0.346. The van der Waals surface area contributed by atoms with E-state index in [9.17, 15) is 33.7 Å². The first-order valence-corrected chi connectivity index (χ1v) is 12.0. The lowest BCUT2D eigenvalue weighted by Crippen LogP contribution is -2.33. The Kier molecular flexibility index (Phi) is 7.82. The van der Waals surface area contributed by atoms with E-state index in [-0.39, 0.29) is 0 Å². The average molecular weight is 404 g/mol. The molecule has 0 aromatic carbocycles. The van der Waals surface area contributed by atoms with Crippen LogP contribution in [0.15, 0.2) is 0 Å². The molecule has 0 rings (SSSR count). The van der Waals surface area contributed by atoms with E-state index in [1.165, 1.54) is 23.6 Å². The summed E-state index contributed by atoms with van der Waals surface area (Å²) in [7, 11) is -17.0. The van der Waals surface area contributed by atoms with Crippen LogP contribution in [-0.4, -0.2) is 56.7 Å². The molecule has 0 aliphatic rings. The van der Waals surface area contributed by atoms with Crippen LogP contribution >= 0.6 is 0 Å². The number of hydrogen-bond donors (Lipinski definition) is 2. The number of rotatable bonds is 11. The van der Waals surface area contributed by atoms with Crippen LogP contribution in [0, 0.1) is 0 Å². The van der Waals surface area contributed by atoms with Crippen LogP contribution in [0.25, 0.3) is 0 Å². The number of nitrogens with one attached hydrogen (secondary N) is 2. The van der Waals surface area contributed by atoms with E-state index in [0.717, 1.165) is 0 Å². The zero-order chi connectivity index (χ0) is 17.7. The Morgan fingerprint density at radius 2 is 0.909 bits per heavy atom. The molecule has 0 atom stereocenters. The van der Waals surface area contributed by atoms with Gasteiger partial charge in [-0.25, -0.2) is 16.8 Å². The molecule has 0 fully saturated rings. The summed E-state index contributed by atoms with van der Waals surface area (Å²) in [6.45, 7) is 2.44. The van der Waals surface area contributed by atoms with Crippen molar-refractivity contribution >= 4 is 40.3 Å². The molecular formula is C6H16N2O10S4. The van der Waals surface area contributed by atoms with E-state index >= 15 is 0 Å². The van der Waals surface area contributed by atoms with Crippen molar-refractivity contribution in [3.8, 4) is 0 Å². The second-order valence-corrected chi connectivity index (χ2v) is 11.0. The standard InChI is InChI=1S/C6H16N2O10S4/c1-3-19(9,10)7-17-21(13,14)5-6-22(15,16)18-8-20(11,12)4-2/h7-8H,3-6H2,1-2H3. The van der Waals surface area contributed by atoms with Gasteiger partial charge in [-0.3, -0.25) is 0 Å². The van der Waals surface area contributed by atoms with Crippen molar-refractivity contribution in [3.63, 3.8) is 0 Å². The van der Waals surface area contributed by atoms with Gasteiger partial charge in [0.25, 0.3) is 20.2 Å². The van der Waals surface area contributed by atoms with Gasteiger partial charge in [-0.1, -0.05) is 9.77 Å². The molecule has 0 saturated heterocycles. The Labute approximate surface area is 129 Å². The first-order valence-electron chi connectivity index (χ1n) is 5.55. The summed E-state index contributed by atoms with van der Waals surface area (Å²) in [4.78, 5) is 2.58. The van der Waals surface area contributed by atoms with E-state index in [1.54, 1.807) is 0 Å². The first kappa shape index (κ1) is 21.6. The summed E-state index contributed by atoms with van der Waals surface area (Å²) in [5.41, 5.74) is 0. The highest BCUT2D eigenvalue weighted by molar-refractivity contribution is 7.92. The van der Waals surface area contributed by atoms with Gasteiger partial charge in [0.1, 0.15) is 0 Å². The van der Waals surface area contributed by atoms with E-state index in [2.05, 4.69) is 8.57 Å². The van der Waals surface area contributed by atoms with Gasteiger partial charge in [-0.15, -0.1) is 0 Å². The Morgan fingerprint density at radius 1 is 0.636 bits per heavy atom. The maximum Gasteiger partial charge on any atom is 0.285 e. The molecule has 0 saturated carbocycles. The molecule has 2 N–H and O–H groups in total. The van der Waals surface area contributed by atoms with Crippen molar-refractivity contribution in [1.82, 2.24) is 9.77 Å². The molecule has 22 heavy (non-hydrogen) atoms. The molecule has 0 aliphatic heterocycles. The summed E-state index contributed by atoms with van der Waals surface area (Å²) in [6, 6.07) is 0. The van der Waals surface area contributed by atoms with Crippen LogP contribution < -0.4 is 9.77 Å². The molecule has 0 bridgehead atoms. The minimum absolute atomic E-state index is 0.456. The van der Waals surface area contributed by atoms with Crippen LogP contribution in [0.4, 0.5) is 0 Å². The lowest BCUT2D eigenvalue weighted by Gasteiger charge is -2.07. The Morgan fingerprint density at radius 3 is 1.14 bits per heavy atom. The lowest BCUT2D eigenvalue weighted by atomic mass is 11.0. The fourth-order valence-corrected chi connectivity index (χ4v) is 4.31. The van der Waals surface area contributed by atoms with E-state index in [0.29, 0.717) is 0 Å². The second kappa shape index (κ2) is 7.95. The van der Waals surface area contributed by atoms with Gasteiger partial charge in [0.05, 0.1) is 23.0 Å². The Balaban J connectivity index is 4.59. The average Bonchev–Trinajstić information content (AvgIpc) is 2.42. The predicted octanol–water partition coefficient (Wildman–Crippen LogP) is -2.61. The monoisotopic (exact) mass is 404 g/mol. The SMILES string of the molecule is CCS(=O)(=O)NOS(=O)(=O)CCS(=O)(=O)ONS(=O)(=O)CC. The molecule has 16 heteroatoms. The number of hydrogen-bond acceptors (Lipinski definition) is 10. The van der Waals surface area contributed by atoms with E-state index in [1.807, 2.05) is 0 Å². The van der Waals surface area contributed by atoms with Crippen molar-refractivity contribution in [2.24, 2.45) is 0 Å². The minimum Gasteiger partial charge on any atom is -0.210 e. The largest absolute Gasteiger partial charge is 0.285 e. The highest BCUT2D eigenvalue weighted by Crippen LogP contribution is 1.99. The highest BCUT2D eigenvalue weighted by Gasteiger charge is 2.23. The van der Waals surface area contributed by atoms with Gasteiger partial charge in [0, 0.05) is 0 Å². The van der Waals surface area contributed by atoms with Gasteiger partial charge in [0.2, 0.25) is 20.0 Å². The molecule has 0 radical (unpaired) electrons. The van der Waals surface area contributed by atoms with Crippen LogP contribution in [0.2, 0.25) is 0 Å². The van der Waals surface area contributed by atoms with Crippen molar-refractivity contribution < 1.29 is 42.2 Å². The van der Waals surface area contributed by atoms with Gasteiger partial charge < -0.3 is 0 Å². The van der Waals surface area contributed by atoms with Crippen LogP contribution in [0.5, 0.6) is 0 Å². The minimum atomic E-state index is -4.54. The van der Waals surface area contributed by atoms with Gasteiger partial charge in [-0.05, 0) is 13.8 Å². The third-order valence-corrected chi connectivity index (χ3v) is 6.67. The van der Waals surface area contributed by atoms with Crippen molar-refractivity contribution in [2.75, 3.05) is 23.0 Å². The maximum absolute atomic E-state index is 11.3. The molecule has 12 nitrogen and oxygen atoms in total. The van der Waals surface area contributed by atoms with Gasteiger partial charge in [-0.2, -0.15) is 25.4 Å². The fourth-order valence-electron chi connectivity index (χ4n) is 0.613. The van der Waals surface area contributed by atoms with Crippen LogP contribution in [0.3, 0.4) is 0 Å². The van der Waals surface area contributed by atoms with E-state index < -0.39 is 63.3 Å². The fraction of sp³-hybridized carbons (Fsp3) is 1.00. The zero-order valence-electron chi connectivity index (χ0n) is 11.5. The molecule has 0 heterocycles. The summed E-state index contributed by atoms with van der Waals surface area (Å²) < 4.78 is 96.9. The lowest BCUT2D eigenvalue weighted by molar-refractivity contribution is 0.269. The van der Waals surface area contributed by atoms with Crippen molar-refractivity contribution in [2.45, 2.75) is 13.8 Å². The Bertz CT molecular complexity index is 695. The summed E-state index contributed by atoms with van der Waals surface area (Å²) in [5, 5.41) is 0. The zero-order valence-corrected chi connectivity index (χ0v) is 14.8. The predicted molar refractivity (Wildman–Crippen MR) is 74.9 cm³/mol. The molecular weight excluding hydrogens is 388 g/mol. The first-order chi connectivity index (χ1) is 9.74. The summed E-state index contributed by atoms with van der Waals surface area (Å²) in [6.07, 6.45) is 0. The maximum atomic E-state index is 11.3. The number of sulfonamides is 2. The van der Waals surface area contributed by atoms with E-state index in [4.69, 9.17) is 0 Å². The molecule has 0 aromatic rings. The third kappa shape index (κ3) is 9.62. The summed E-state index contributed by atoms with van der Waals surface area (Å²) in [5.74, 6) is -3.23. The third-order valence-electron chi connectivity index (χ3n) is 1.92. The van der Waals surface area contributed by atoms with Crippen molar-refractivity contribution in [1.29, 1.82) is 0 Å². The normalized spacial score (nSPS) is 14.1. The van der Waals surface area contributed by atoms with Gasteiger partial charge in [0.15, 0.2) is 0 Å². The van der Waals surface area contributed by atoms with Crippen LogP contribution in [-0.2, 0) is 48.9 Å². The second-order valence-electron chi connectivity index (χ2n) is 3.66. The highest BCUT2D eigenvalue weighted by atomic mass is 32.2. The Hall–Kier alpha value is -0.360.